The highest BCUT2D eigenvalue weighted by Crippen LogP contribution is 2.34. The number of nitrogens with one attached hydrogen (secondary N) is 2. The highest BCUT2D eigenvalue weighted by molar-refractivity contribution is 5.93. The normalized spacial score (nSPS) is 18.8. The van der Waals surface area contributed by atoms with Crippen molar-refractivity contribution in [3.05, 3.63) is 30.6 Å². The number of piperidine rings is 1. The Hall–Kier alpha value is -3.20. The number of rotatable bonds is 6. The van der Waals surface area contributed by atoms with Crippen LogP contribution in [0.5, 0.6) is 5.75 Å². The molecule has 1 amide bonds. The third-order valence-electron chi connectivity index (χ3n) is 6.45. The fourth-order valence-electron chi connectivity index (χ4n) is 4.72. The summed E-state index contributed by atoms with van der Waals surface area (Å²) in [4.78, 5) is 23.0. The monoisotopic (exact) mass is 436 g/mol. The smallest absolute Gasteiger partial charge is 0.220 e. The first-order chi connectivity index (χ1) is 15.5. The zero-order valence-electron chi connectivity index (χ0n) is 18.4. The van der Waals surface area contributed by atoms with Crippen molar-refractivity contribution in [2.45, 2.75) is 44.2 Å². The molecular weight excluding hydrogens is 408 g/mol. The van der Waals surface area contributed by atoms with Gasteiger partial charge in [-0.2, -0.15) is 5.10 Å². The molecule has 32 heavy (non-hydrogen) atoms. The lowest BCUT2D eigenvalue weighted by Gasteiger charge is -2.39. The average molecular weight is 437 g/mol. The Balaban J connectivity index is 1.37. The molecule has 2 aromatic heterocycles. The van der Waals surface area contributed by atoms with Crippen LogP contribution in [-0.4, -0.2) is 64.5 Å². The van der Waals surface area contributed by atoms with E-state index in [9.17, 15) is 4.79 Å². The van der Waals surface area contributed by atoms with Gasteiger partial charge in [-0.3, -0.25) is 9.89 Å². The molecule has 2 N–H and O–H groups in total. The first-order valence-electron chi connectivity index (χ1n) is 11.1. The molecule has 2 aliphatic heterocycles. The molecule has 0 aliphatic carbocycles. The molecule has 0 saturated carbocycles. The van der Waals surface area contributed by atoms with Gasteiger partial charge in [0.1, 0.15) is 29.7 Å². The molecule has 1 atom stereocenters. The van der Waals surface area contributed by atoms with E-state index in [1.165, 1.54) is 0 Å². The minimum Gasteiger partial charge on any atom is -0.488 e. The van der Waals surface area contributed by atoms with Crippen molar-refractivity contribution in [2.75, 3.05) is 31.7 Å². The zero-order chi connectivity index (χ0) is 22.1. The summed E-state index contributed by atoms with van der Waals surface area (Å²) in [5, 5.41) is 11.7. The standard InChI is InChI=1S/C23H28N6O3/c1-15(13-31-2)32-16-3-4-18-17(11-16)22(28-27-18)19-12-20(25-14-24-19)29-9-7-23(8-10-29)6-5-21(30)26-23/h3-4,11-12,14-15H,5-10,13H2,1-2H3,(H,26,30)(H,27,28). The largest absolute Gasteiger partial charge is 0.488 e. The summed E-state index contributed by atoms with van der Waals surface area (Å²) in [5.74, 6) is 1.82. The molecule has 0 bridgehead atoms. The molecule has 2 fully saturated rings. The number of hydrogen-bond donors (Lipinski definition) is 2. The Morgan fingerprint density at radius 3 is 2.78 bits per heavy atom. The van der Waals surface area contributed by atoms with Gasteiger partial charge in [-0.15, -0.1) is 0 Å². The number of H-pyrrole nitrogens is 1. The second kappa shape index (κ2) is 8.38. The predicted octanol–water partition coefficient (Wildman–Crippen LogP) is 2.68. The second-order valence-corrected chi connectivity index (χ2v) is 8.74. The van der Waals surface area contributed by atoms with Crippen LogP contribution >= 0.6 is 0 Å². The fraction of sp³-hybridized carbons (Fsp3) is 0.478. The molecule has 9 nitrogen and oxygen atoms in total. The fourth-order valence-corrected chi connectivity index (χ4v) is 4.72. The van der Waals surface area contributed by atoms with Gasteiger partial charge in [-0.25, -0.2) is 9.97 Å². The number of nitrogens with zero attached hydrogens (tertiary/aromatic N) is 4. The number of amides is 1. The van der Waals surface area contributed by atoms with Crippen molar-refractivity contribution in [1.82, 2.24) is 25.5 Å². The Bertz CT molecular complexity index is 1120. The van der Waals surface area contributed by atoms with E-state index in [1.807, 2.05) is 31.2 Å². The number of hydrogen-bond acceptors (Lipinski definition) is 7. The maximum Gasteiger partial charge on any atom is 0.220 e. The van der Waals surface area contributed by atoms with Crippen LogP contribution in [0.25, 0.3) is 22.3 Å². The summed E-state index contributed by atoms with van der Waals surface area (Å²) in [6.07, 6.45) is 4.98. The van der Waals surface area contributed by atoms with Crippen LogP contribution < -0.4 is 15.0 Å². The number of benzene rings is 1. The first-order valence-corrected chi connectivity index (χ1v) is 11.1. The number of carbonyl (C=O) groups excluding carboxylic acids is 1. The summed E-state index contributed by atoms with van der Waals surface area (Å²) in [5.41, 5.74) is 2.42. The van der Waals surface area contributed by atoms with Crippen LogP contribution in [0.15, 0.2) is 30.6 Å². The molecule has 2 saturated heterocycles. The van der Waals surface area contributed by atoms with Gasteiger partial charge >= 0.3 is 0 Å². The zero-order valence-corrected chi connectivity index (χ0v) is 18.4. The molecule has 2 aliphatic rings. The highest BCUT2D eigenvalue weighted by Gasteiger charge is 2.40. The van der Waals surface area contributed by atoms with Crippen LogP contribution in [0.4, 0.5) is 5.82 Å². The molecule has 5 rings (SSSR count). The number of aromatic nitrogens is 4. The average Bonchev–Trinajstić information content (AvgIpc) is 3.38. The van der Waals surface area contributed by atoms with Crippen molar-refractivity contribution >= 4 is 22.6 Å². The lowest BCUT2D eigenvalue weighted by molar-refractivity contribution is -0.119. The predicted molar refractivity (Wildman–Crippen MR) is 121 cm³/mol. The number of ether oxygens (including phenoxy) is 2. The molecular formula is C23H28N6O3. The third-order valence-corrected chi connectivity index (χ3v) is 6.45. The maximum atomic E-state index is 11.7. The van der Waals surface area contributed by atoms with Gasteiger partial charge < -0.3 is 19.7 Å². The van der Waals surface area contributed by atoms with Gasteiger partial charge in [0.05, 0.1) is 17.8 Å². The van der Waals surface area contributed by atoms with Gasteiger partial charge in [-0.05, 0) is 44.4 Å². The van der Waals surface area contributed by atoms with Crippen LogP contribution in [0.3, 0.4) is 0 Å². The minimum absolute atomic E-state index is 0.0296. The van der Waals surface area contributed by atoms with E-state index in [2.05, 4.69) is 30.4 Å². The molecule has 0 radical (unpaired) electrons. The van der Waals surface area contributed by atoms with Crippen molar-refractivity contribution in [3.63, 3.8) is 0 Å². The number of fused-ring (bicyclic) bond motifs is 1. The topological polar surface area (TPSA) is 105 Å². The molecule has 9 heteroatoms. The van der Waals surface area contributed by atoms with Gasteiger partial charge in [0.15, 0.2) is 0 Å². The number of carbonyl (C=O) groups is 1. The maximum absolute atomic E-state index is 11.7. The Morgan fingerprint density at radius 1 is 1.19 bits per heavy atom. The van der Waals surface area contributed by atoms with Crippen molar-refractivity contribution in [2.24, 2.45) is 0 Å². The molecule has 3 aromatic rings. The third kappa shape index (κ3) is 4.00. The number of methoxy groups -OCH3 is 1. The Morgan fingerprint density at radius 2 is 2.03 bits per heavy atom. The number of anilines is 1. The van der Waals surface area contributed by atoms with Gasteiger partial charge in [-0.1, -0.05) is 0 Å². The summed E-state index contributed by atoms with van der Waals surface area (Å²) < 4.78 is 11.1. The number of aromatic amines is 1. The van der Waals surface area contributed by atoms with Crippen molar-refractivity contribution in [3.8, 4) is 17.1 Å². The summed E-state index contributed by atoms with van der Waals surface area (Å²) in [7, 11) is 1.66. The SMILES string of the molecule is COCC(C)Oc1ccc2[nH]nc(-c3cc(N4CCC5(CCC(=O)N5)CC4)ncn3)c2c1. The van der Waals surface area contributed by atoms with E-state index in [0.29, 0.717) is 13.0 Å². The van der Waals surface area contributed by atoms with E-state index in [-0.39, 0.29) is 17.6 Å². The molecule has 1 spiro atoms. The molecule has 168 valence electrons. The minimum atomic E-state index is -0.0505. The van der Waals surface area contributed by atoms with Gasteiger partial charge in [0.2, 0.25) is 5.91 Å². The second-order valence-electron chi connectivity index (χ2n) is 8.74. The van der Waals surface area contributed by atoms with E-state index in [0.717, 1.165) is 66.2 Å². The van der Waals surface area contributed by atoms with Crippen LogP contribution in [0.2, 0.25) is 0 Å². The summed E-state index contributed by atoms with van der Waals surface area (Å²) >= 11 is 0. The highest BCUT2D eigenvalue weighted by atomic mass is 16.5. The van der Waals surface area contributed by atoms with E-state index < -0.39 is 0 Å². The Kier molecular flexibility index (Phi) is 5.42. The van der Waals surface area contributed by atoms with Gasteiger partial charge in [0, 0.05) is 43.6 Å². The van der Waals surface area contributed by atoms with Gasteiger partial charge in [0.25, 0.3) is 0 Å². The quantitative estimate of drug-likeness (QED) is 0.612. The molecule has 1 unspecified atom stereocenters. The van der Waals surface area contributed by atoms with E-state index in [1.54, 1.807) is 13.4 Å². The van der Waals surface area contributed by atoms with Crippen molar-refractivity contribution in [1.29, 1.82) is 0 Å². The molecule has 4 heterocycles. The van der Waals surface area contributed by atoms with Crippen molar-refractivity contribution < 1.29 is 14.3 Å². The Labute approximate surface area is 186 Å². The summed E-state index contributed by atoms with van der Waals surface area (Å²) in [6.45, 7) is 4.20. The van der Waals surface area contributed by atoms with Crippen LogP contribution in [0.1, 0.15) is 32.6 Å². The van der Waals surface area contributed by atoms with Crippen LogP contribution in [0, 0.1) is 0 Å². The first kappa shape index (κ1) is 20.7. The summed E-state index contributed by atoms with van der Waals surface area (Å²) in [6, 6.07) is 7.85. The van der Waals surface area contributed by atoms with E-state index in [4.69, 9.17) is 9.47 Å². The lowest BCUT2D eigenvalue weighted by atomic mass is 9.86. The van der Waals surface area contributed by atoms with Crippen LogP contribution in [-0.2, 0) is 9.53 Å². The molecule has 1 aromatic carbocycles. The lowest BCUT2D eigenvalue weighted by Crippen LogP contribution is -2.51. The van der Waals surface area contributed by atoms with E-state index >= 15 is 0 Å².